The molecule has 2 rings (SSSR count). The van der Waals surface area contributed by atoms with Crippen LogP contribution in [0.4, 0.5) is 0 Å². The van der Waals surface area contributed by atoms with E-state index in [0.717, 1.165) is 19.3 Å². The molecule has 0 aliphatic rings. The van der Waals surface area contributed by atoms with Gasteiger partial charge in [-0.2, -0.15) is 0 Å². The molecule has 0 aromatic heterocycles. The lowest BCUT2D eigenvalue weighted by Crippen LogP contribution is -1.88. The predicted molar refractivity (Wildman–Crippen MR) is 108 cm³/mol. The summed E-state index contributed by atoms with van der Waals surface area (Å²) in [4.78, 5) is 0. The zero-order valence-corrected chi connectivity index (χ0v) is 15.1. The summed E-state index contributed by atoms with van der Waals surface area (Å²) in [5.41, 5.74) is 6.79. The molecule has 0 radical (unpaired) electrons. The van der Waals surface area contributed by atoms with Gasteiger partial charge in [0, 0.05) is 0 Å². The molecule has 0 nitrogen and oxygen atoms in total. The lowest BCUT2D eigenvalue weighted by molar-refractivity contribution is 0.955. The third-order valence-electron chi connectivity index (χ3n) is 4.07. The molecule has 0 spiro atoms. The highest BCUT2D eigenvalue weighted by atomic mass is 14.0. The summed E-state index contributed by atoms with van der Waals surface area (Å²) >= 11 is 0. The van der Waals surface area contributed by atoms with Crippen molar-refractivity contribution in [3.05, 3.63) is 94.6 Å². The van der Waals surface area contributed by atoms with E-state index < -0.39 is 0 Å². The maximum Gasteiger partial charge on any atom is -0.00889 e. The van der Waals surface area contributed by atoms with E-state index in [1.54, 1.807) is 0 Å². The maximum absolute atomic E-state index is 2.37. The highest BCUT2D eigenvalue weighted by Gasteiger charge is 1.98. The minimum absolute atomic E-state index is 0.996. The normalized spacial score (nSPS) is 11.7. The molecule has 0 amide bonds. The van der Waals surface area contributed by atoms with Crippen LogP contribution in [0.5, 0.6) is 0 Å². The lowest BCUT2D eigenvalue weighted by Gasteiger charge is -2.05. The highest BCUT2D eigenvalue weighted by Crippen LogP contribution is 2.16. The lowest BCUT2D eigenvalue weighted by atomic mass is 10.0. The fraction of sp³-hybridized carbons (Fsp3) is 0.250. The summed E-state index contributed by atoms with van der Waals surface area (Å²) < 4.78 is 0. The van der Waals surface area contributed by atoms with Gasteiger partial charge in [-0.1, -0.05) is 90.0 Å². The molecule has 2 aromatic rings. The van der Waals surface area contributed by atoms with E-state index in [0.29, 0.717) is 0 Å². The molecule has 0 saturated carbocycles. The molecule has 2 aromatic carbocycles. The molecule has 24 heavy (non-hydrogen) atoms. The second kappa shape index (κ2) is 9.72. The fourth-order valence-electron chi connectivity index (χ4n) is 2.61. The zero-order chi connectivity index (χ0) is 17.2. The molecule has 124 valence electrons. The van der Waals surface area contributed by atoms with Gasteiger partial charge in [-0.05, 0) is 56.7 Å². The number of allylic oxidation sites excluding steroid dienone is 4. The third-order valence-corrected chi connectivity index (χ3v) is 4.07. The molecule has 0 heterocycles. The molecule has 0 aliphatic heterocycles. The molecule has 0 aliphatic carbocycles. The summed E-state index contributed by atoms with van der Waals surface area (Å²) in [6.07, 6.45) is 12.4. The Kier molecular flexibility index (Phi) is 7.29. The Bertz CT molecular complexity index is 711. The van der Waals surface area contributed by atoms with Crippen LogP contribution >= 0.6 is 0 Å². The van der Waals surface area contributed by atoms with Gasteiger partial charge in [0.25, 0.3) is 0 Å². The van der Waals surface area contributed by atoms with Gasteiger partial charge in [-0.15, -0.1) is 0 Å². The van der Waals surface area contributed by atoms with E-state index in [4.69, 9.17) is 0 Å². The van der Waals surface area contributed by atoms with Crippen molar-refractivity contribution in [2.24, 2.45) is 0 Å². The van der Waals surface area contributed by atoms with Crippen LogP contribution in [0.25, 0.3) is 12.2 Å². The van der Waals surface area contributed by atoms with E-state index in [1.165, 1.54) is 27.8 Å². The SMILES string of the molecule is CC(C)=CCC/C(C)=C/Cc1ccccc1/C=C/c1ccccc1. The largest absolute Gasteiger partial charge is 0.0856 e. The molecule has 0 heteroatoms. The van der Waals surface area contributed by atoms with Gasteiger partial charge < -0.3 is 0 Å². The number of rotatable bonds is 7. The second-order valence-corrected chi connectivity index (χ2v) is 6.52. The van der Waals surface area contributed by atoms with Gasteiger partial charge in [0.1, 0.15) is 0 Å². The quantitative estimate of drug-likeness (QED) is 0.378. The second-order valence-electron chi connectivity index (χ2n) is 6.52. The Morgan fingerprint density at radius 2 is 1.50 bits per heavy atom. The van der Waals surface area contributed by atoms with Crippen LogP contribution in [0, 0.1) is 0 Å². The van der Waals surface area contributed by atoms with Gasteiger partial charge in [-0.3, -0.25) is 0 Å². The molecule has 0 unspecified atom stereocenters. The van der Waals surface area contributed by atoms with Gasteiger partial charge >= 0.3 is 0 Å². The first-order valence-corrected chi connectivity index (χ1v) is 8.75. The van der Waals surface area contributed by atoms with Crippen molar-refractivity contribution in [3.8, 4) is 0 Å². The summed E-state index contributed by atoms with van der Waals surface area (Å²) in [6.45, 7) is 6.56. The van der Waals surface area contributed by atoms with Crippen LogP contribution in [0.1, 0.15) is 50.3 Å². The van der Waals surface area contributed by atoms with Crippen molar-refractivity contribution in [1.29, 1.82) is 0 Å². The summed E-state index contributed by atoms with van der Waals surface area (Å²) in [7, 11) is 0. The van der Waals surface area contributed by atoms with Crippen LogP contribution < -0.4 is 0 Å². The van der Waals surface area contributed by atoms with E-state index in [-0.39, 0.29) is 0 Å². The first-order chi connectivity index (χ1) is 11.6. The molecular weight excluding hydrogens is 288 g/mol. The summed E-state index contributed by atoms with van der Waals surface area (Å²) in [6, 6.07) is 19.1. The maximum atomic E-state index is 2.37. The van der Waals surface area contributed by atoms with Gasteiger partial charge in [0.05, 0.1) is 0 Å². The van der Waals surface area contributed by atoms with E-state index >= 15 is 0 Å². The van der Waals surface area contributed by atoms with Crippen molar-refractivity contribution in [2.45, 2.75) is 40.0 Å². The van der Waals surface area contributed by atoms with Crippen molar-refractivity contribution < 1.29 is 0 Å². The molecule has 0 fully saturated rings. The zero-order valence-electron chi connectivity index (χ0n) is 15.1. The first kappa shape index (κ1) is 18.0. The fourth-order valence-corrected chi connectivity index (χ4v) is 2.61. The van der Waals surface area contributed by atoms with Crippen LogP contribution in [0.15, 0.2) is 77.9 Å². The minimum atomic E-state index is 0.996. The van der Waals surface area contributed by atoms with Crippen molar-refractivity contribution in [2.75, 3.05) is 0 Å². The van der Waals surface area contributed by atoms with Crippen molar-refractivity contribution >= 4 is 12.2 Å². The third kappa shape index (κ3) is 6.42. The van der Waals surface area contributed by atoms with Crippen LogP contribution in [-0.2, 0) is 6.42 Å². The Morgan fingerprint density at radius 3 is 2.25 bits per heavy atom. The van der Waals surface area contributed by atoms with Crippen molar-refractivity contribution in [1.82, 2.24) is 0 Å². The Morgan fingerprint density at radius 1 is 0.792 bits per heavy atom. The van der Waals surface area contributed by atoms with Gasteiger partial charge in [-0.25, -0.2) is 0 Å². The number of benzene rings is 2. The van der Waals surface area contributed by atoms with Gasteiger partial charge in [0.15, 0.2) is 0 Å². The van der Waals surface area contributed by atoms with E-state index in [1.807, 2.05) is 6.07 Å². The predicted octanol–water partition coefficient (Wildman–Crippen LogP) is 7.09. The van der Waals surface area contributed by atoms with E-state index in [9.17, 15) is 0 Å². The highest BCUT2D eigenvalue weighted by molar-refractivity contribution is 5.71. The molecule has 0 atom stereocenters. The summed E-state index contributed by atoms with van der Waals surface area (Å²) in [5, 5.41) is 0. The monoisotopic (exact) mass is 316 g/mol. The van der Waals surface area contributed by atoms with Crippen LogP contribution in [-0.4, -0.2) is 0 Å². The summed E-state index contributed by atoms with van der Waals surface area (Å²) in [5.74, 6) is 0. The smallest absolute Gasteiger partial charge is 0.00889 e. The number of hydrogen-bond donors (Lipinski definition) is 0. The molecule has 0 N–H and O–H groups in total. The van der Waals surface area contributed by atoms with E-state index in [2.05, 4.69) is 93.6 Å². The average Bonchev–Trinajstić information content (AvgIpc) is 2.59. The minimum Gasteiger partial charge on any atom is -0.0856 e. The van der Waals surface area contributed by atoms with Crippen LogP contribution in [0.2, 0.25) is 0 Å². The Labute approximate surface area is 147 Å². The molecular formula is C24H28. The molecule has 0 bridgehead atoms. The average molecular weight is 316 g/mol. The Hall–Kier alpha value is -2.34. The Balaban J connectivity index is 2.03. The van der Waals surface area contributed by atoms with Crippen LogP contribution in [0.3, 0.4) is 0 Å². The van der Waals surface area contributed by atoms with Crippen molar-refractivity contribution in [3.63, 3.8) is 0 Å². The molecule has 0 saturated heterocycles. The standard InChI is InChI=1S/C24H28/c1-20(2)10-9-11-21(3)16-18-23-14-7-8-15-24(23)19-17-22-12-5-4-6-13-22/h4-8,10,12-17,19H,9,11,18H2,1-3H3/b19-17+,21-16+. The first-order valence-electron chi connectivity index (χ1n) is 8.75. The number of hydrogen-bond acceptors (Lipinski definition) is 0. The van der Waals surface area contributed by atoms with Gasteiger partial charge in [0.2, 0.25) is 0 Å². The topological polar surface area (TPSA) is 0 Å².